The van der Waals surface area contributed by atoms with Gasteiger partial charge in [0, 0.05) is 0 Å². The van der Waals surface area contributed by atoms with Crippen LogP contribution in [0, 0.1) is 0 Å². The van der Waals surface area contributed by atoms with Crippen molar-refractivity contribution in [2.75, 3.05) is 0 Å². The van der Waals surface area contributed by atoms with Crippen molar-refractivity contribution >= 4 is 11.7 Å². The Balaban J connectivity index is 4.61. The molecule has 5 nitrogen and oxygen atoms in total. The summed E-state index contributed by atoms with van der Waals surface area (Å²) >= 11 is 0. The molecule has 6 N–H and O–H groups in total. The highest BCUT2D eigenvalue weighted by Crippen LogP contribution is 2.13. The second kappa shape index (κ2) is 3.53. The Morgan fingerprint density at radius 1 is 1.42 bits per heavy atom. The van der Waals surface area contributed by atoms with Crippen molar-refractivity contribution in [2.45, 2.75) is 32.4 Å². The van der Waals surface area contributed by atoms with Crippen molar-refractivity contribution in [3.63, 3.8) is 0 Å². The number of carbonyl (C=O) groups excluding carboxylic acids is 1. The van der Waals surface area contributed by atoms with Gasteiger partial charge in [0.05, 0.1) is 11.6 Å². The van der Waals surface area contributed by atoms with E-state index in [4.69, 9.17) is 17.2 Å². The van der Waals surface area contributed by atoms with Gasteiger partial charge in [0.1, 0.15) is 5.78 Å². The molecule has 0 aromatic heterocycles. The minimum absolute atomic E-state index is 0.0586. The quantitative estimate of drug-likeness (QED) is 0.373. The summed E-state index contributed by atoms with van der Waals surface area (Å²) in [6, 6.07) is -0.667. The lowest BCUT2D eigenvalue weighted by atomic mass is 9.93. The van der Waals surface area contributed by atoms with E-state index in [-0.39, 0.29) is 11.7 Å². The molecule has 12 heavy (non-hydrogen) atoms. The molecule has 0 aliphatic heterocycles. The first-order chi connectivity index (χ1) is 5.27. The third-order valence-corrected chi connectivity index (χ3v) is 1.62. The molecule has 0 unspecified atom stereocenters. The highest BCUT2D eigenvalue weighted by molar-refractivity contribution is 5.84. The van der Waals surface area contributed by atoms with Gasteiger partial charge in [0.25, 0.3) is 0 Å². The number of nitrogens with two attached hydrogens (primary N) is 3. The van der Waals surface area contributed by atoms with Crippen molar-refractivity contribution in [1.29, 1.82) is 0 Å². The summed E-state index contributed by atoms with van der Waals surface area (Å²) in [7, 11) is 0. The minimum atomic E-state index is -0.731. The predicted octanol–water partition coefficient (Wildman–Crippen LogP) is -1.05. The van der Waals surface area contributed by atoms with Crippen molar-refractivity contribution in [3.8, 4) is 0 Å². The van der Waals surface area contributed by atoms with E-state index >= 15 is 0 Å². The zero-order valence-electron chi connectivity index (χ0n) is 7.66. The number of guanidine groups is 1. The van der Waals surface area contributed by atoms with E-state index in [0.717, 1.165) is 0 Å². The van der Waals surface area contributed by atoms with Gasteiger partial charge in [0.15, 0.2) is 5.96 Å². The third-order valence-electron chi connectivity index (χ3n) is 1.62. The van der Waals surface area contributed by atoms with Crippen LogP contribution >= 0.6 is 0 Å². The number of carbonyl (C=O) groups is 1. The average Bonchev–Trinajstić information content (AvgIpc) is 1.82. The number of Topliss-reactive ketones (excluding diaryl/α,β-unsaturated/α-hetero) is 1. The topological polar surface area (TPSA) is 107 Å². The van der Waals surface area contributed by atoms with Gasteiger partial charge >= 0.3 is 0 Å². The van der Waals surface area contributed by atoms with E-state index in [1.807, 2.05) is 0 Å². The number of rotatable bonds is 3. The molecule has 0 fully saturated rings. The molecule has 0 aromatic rings. The summed E-state index contributed by atoms with van der Waals surface area (Å²) in [6.45, 7) is 4.83. The molecule has 0 rings (SSSR count). The van der Waals surface area contributed by atoms with Gasteiger partial charge in [-0.3, -0.25) is 4.79 Å². The highest BCUT2D eigenvalue weighted by Gasteiger charge is 2.29. The second-order valence-corrected chi connectivity index (χ2v) is 3.28. The van der Waals surface area contributed by atoms with E-state index in [0.29, 0.717) is 0 Å². The van der Waals surface area contributed by atoms with E-state index in [1.165, 1.54) is 6.92 Å². The lowest BCUT2D eigenvalue weighted by molar-refractivity contribution is -0.119. The number of aliphatic imine (C=N–C) groups is 1. The second-order valence-electron chi connectivity index (χ2n) is 3.28. The Morgan fingerprint density at radius 2 is 1.83 bits per heavy atom. The molecule has 0 heterocycles. The Labute approximate surface area is 72.0 Å². The van der Waals surface area contributed by atoms with Crippen LogP contribution in [0.2, 0.25) is 0 Å². The fourth-order valence-corrected chi connectivity index (χ4v) is 0.900. The Kier molecular flexibility index (Phi) is 3.21. The maximum Gasteiger partial charge on any atom is 0.186 e. The molecule has 0 bridgehead atoms. The normalized spacial score (nSPS) is 13.7. The SMILES string of the molecule is CC(=O)[C@@H](N)C(C)(C)N=C(N)N. The third kappa shape index (κ3) is 2.87. The smallest absolute Gasteiger partial charge is 0.186 e. The maximum atomic E-state index is 10.9. The van der Waals surface area contributed by atoms with Crippen LogP contribution in [0.25, 0.3) is 0 Å². The van der Waals surface area contributed by atoms with E-state index in [1.54, 1.807) is 13.8 Å². The summed E-state index contributed by atoms with van der Waals surface area (Å²) in [6.07, 6.45) is 0. The summed E-state index contributed by atoms with van der Waals surface area (Å²) in [5, 5.41) is 0. The molecule has 0 aliphatic carbocycles. The summed E-state index contributed by atoms with van der Waals surface area (Å²) < 4.78 is 0. The molecule has 70 valence electrons. The molecule has 5 heteroatoms. The Bertz CT molecular complexity index is 205. The van der Waals surface area contributed by atoms with Gasteiger partial charge in [-0.15, -0.1) is 0 Å². The Morgan fingerprint density at radius 3 is 2.08 bits per heavy atom. The van der Waals surface area contributed by atoms with Crippen LogP contribution in [0.15, 0.2) is 4.99 Å². The number of hydrogen-bond donors (Lipinski definition) is 3. The Hall–Kier alpha value is -1.10. The fraction of sp³-hybridized carbons (Fsp3) is 0.714. The van der Waals surface area contributed by atoms with Crippen LogP contribution in [0.1, 0.15) is 20.8 Å². The van der Waals surface area contributed by atoms with Gasteiger partial charge in [-0.1, -0.05) is 0 Å². The maximum absolute atomic E-state index is 10.9. The van der Waals surface area contributed by atoms with Crippen LogP contribution in [-0.2, 0) is 4.79 Å². The first-order valence-corrected chi connectivity index (χ1v) is 3.64. The van der Waals surface area contributed by atoms with Gasteiger partial charge in [-0.05, 0) is 20.8 Å². The van der Waals surface area contributed by atoms with E-state index in [2.05, 4.69) is 4.99 Å². The van der Waals surface area contributed by atoms with Gasteiger partial charge in [0.2, 0.25) is 0 Å². The largest absolute Gasteiger partial charge is 0.370 e. The zero-order valence-corrected chi connectivity index (χ0v) is 7.66. The van der Waals surface area contributed by atoms with Gasteiger partial charge in [-0.2, -0.15) is 0 Å². The first-order valence-electron chi connectivity index (χ1n) is 3.64. The van der Waals surface area contributed by atoms with E-state index in [9.17, 15) is 4.79 Å². The van der Waals surface area contributed by atoms with Gasteiger partial charge < -0.3 is 17.2 Å². The standard InChI is InChI=1S/C7H16N4O/c1-4(12)5(8)7(2,3)11-6(9)10/h5H,8H2,1-3H3,(H4,9,10,11)/t5-/m1/s1. The van der Waals surface area contributed by atoms with Crippen LogP contribution in [0.4, 0.5) is 0 Å². The van der Waals surface area contributed by atoms with Crippen molar-refractivity contribution in [3.05, 3.63) is 0 Å². The van der Waals surface area contributed by atoms with Crippen LogP contribution < -0.4 is 17.2 Å². The zero-order chi connectivity index (χ0) is 9.94. The summed E-state index contributed by atoms with van der Waals surface area (Å²) in [5.74, 6) is -0.193. The minimum Gasteiger partial charge on any atom is -0.370 e. The summed E-state index contributed by atoms with van der Waals surface area (Å²) in [5.41, 5.74) is 15.2. The molecular weight excluding hydrogens is 156 g/mol. The molecule has 0 radical (unpaired) electrons. The fourth-order valence-electron chi connectivity index (χ4n) is 0.900. The molecule has 1 atom stereocenters. The lowest BCUT2D eigenvalue weighted by Gasteiger charge is -2.25. The summed E-state index contributed by atoms with van der Waals surface area (Å²) in [4.78, 5) is 14.8. The number of nitrogens with zero attached hydrogens (tertiary/aromatic N) is 1. The molecule has 0 spiro atoms. The average molecular weight is 172 g/mol. The molecule has 0 saturated heterocycles. The molecule has 0 aliphatic rings. The molecule has 0 aromatic carbocycles. The van der Waals surface area contributed by atoms with Crippen LogP contribution in [0.5, 0.6) is 0 Å². The number of ketones is 1. The highest BCUT2D eigenvalue weighted by atomic mass is 16.1. The predicted molar refractivity (Wildman–Crippen MR) is 48.5 cm³/mol. The first kappa shape index (κ1) is 10.9. The van der Waals surface area contributed by atoms with Gasteiger partial charge in [-0.25, -0.2) is 4.99 Å². The van der Waals surface area contributed by atoms with Crippen molar-refractivity contribution in [1.82, 2.24) is 0 Å². The molecule has 0 saturated carbocycles. The molecular formula is C7H16N4O. The number of hydrogen-bond acceptors (Lipinski definition) is 3. The van der Waals surface area contributed by atoms with Crippen LogP contribution in [-0.4, -0.2) is 23.3 Å². The van der Waals surface area contributed by atoms with E-state index < -0.39 is 11.6 Å². The lowest BCUT2D eigenvalue weighted by Crippen LogP contribution is -2.48. The van der Waals surface area contributed by atoms with Crippen molar-refractivity contribution in [2.24, 2.45) is 22.2 Å². The van der Waals surface area contributed by atoms with Crippen LogP contribution in [0.3, 0.4) is 0 Å². The monoisotopic (exact) mass is 172 g/mol. The van der Waals surface area contributed by atoms with Crippen molar-refractivity contribution < 1.29 is 4.79 Å². The molecule has 0 amide bonds.